The van der Waals surface area contributed by atoms with E-state index in [0.29, 0.717) is 62.1 Å². The number of phenols is 3. The van der Waals surface area contributed by atoms with Gasteiger partial charge in [0.15, 0.2) is 29.0 Å². The minimum atomic E-state index is -0.678. The number of carbonyl (C=O) groups is 1. The van der Waals surface area contributed by atoms with Crippen molar-refractivity contribution in [3.8, 4) is 40.6 Å². The lowest BCUT2D eigenvalue weighted by atomic mass is 9.62. The van der Waals surface area contributed by atoms with E-state index in [1.807, 2.05) is 36.5 Å². The molecule has 2 bridgehead atoms. The number of aromatic amines is 1. The first-order chi connectivity index (χ1) is 39.0. The van der Waals surface area contributed by atoms with Crippen LogP contribution in [0.25, 0.3) is 10.9 Å². The van der Waals surface area contributed by atoms with E-state index < -0.39 is 41.8 Å². The van der Waals surface area contributed by atoms with Crippen LogP contribution in [0.2, 0.25) is 0 Å². The van der Waals surface area contributed by atoms with E-state index >= 15 is 0 Å². The quantitative estimate of drug-likeness (QED) is 0.0168. The molecule has 1 spiro atoms. The third kappa shape index (κ3) is 11.3. The zero-order valence-corrected chi connectivity index (χ0v) is 45.5. The van der Waals surface area contributed by atoms with Crippen molar-refractivity contribution in [2.45, 2.75) is 133 Å². The maximum atomic E-state index is 13.0. The number of benzene rings is 2. The summed E-state index contributed by atoms with van der Waals surface area (Å²) in [5.41, 5.74) is 10.2. The zero-order chi connectivity index (χ0) is 54.7. The van der Waals surface area contributed by atoms with E-state index in [9.17, 15) is 20.1 Å². The standard InChI is InChI=1S/C63H75N9O8/c1-38(73)78-55-33-54(44-31-52(75)59(76)57(32-44)77-27-21-40-9-6-23-65-34-40)80-60-46(55)16-14-42-15-17-48-53(79-56-29-41(28-47(42)60)13-18-51(56)74)12-5-22-63(48)49(35-69-45-10-3-2-4-11-45)61(72-36-43-20-26-66-50(43)37-72)70-62(71-63)68-24-7-8-39-19-25-67-58(64)30-39/h6,9,13-14,16,18-20,23,26,29-32,34,36-37,42,45-49,53-55,60-61,66-67,69,74-76H,2-5,7-8,10-12,21-22,24-25,27-28,33,35,64H2,1H3,(H2,68,70,71)/t42-,46+,47+,48+,49+,53-,54+,55+,60-,61-,63-/m1/s1. The number of rotatable bonds is 14. The van der Waals surface area contributed by atoms with Crippen LogP contribution in [0, 0.1) is 41.4 Å². The average Bonchev–Trinajstić information content (AvgIpc) is 4.23. The van der Waals surface area contributed by atoms with Gasteiger partial charge in [-0.15, -0.1) is 0 Å². The van der Waals surface area contributed by atoms with Crippen molar-refractivity contribution in [3.05, 3.63) is 132 Å². The molecule has 0 radical (unpaired) electrons. The first kappa shape index (κ1) is 53.1. The highest BCUT2D eigenvalue weighted by Gasteiger charge is 2.57. The summed E-state index contributed by atoms with van der Waals surface area (Å²) in [6.07, 6.45) is 27.4. The fourth-order valence-corrected chi connectivity index (χ4v) is 13.9. The number of H-pyrrole nitrogens is 1. The molecule has 2 saturated carbocycles. The van der Waals surface area contributed by atoms with Crippen LogP contribution in [0.5, 0.6) is 28.7 Å². The maximum Gasteiger partial charge on any atom is 0.302 e. The third-order valence-corrected chi connectivity index (χ3v) is 17.8. The number of aromatic hydroxyl groups is 3. The molecule has 0 unspecified atom stereocenters. The first-order valence-electron chi connectivity index (χ1n) is 29.0. The zero-order valence-electron chi connectivity index (χ0n) is 45.5. The molecule has 2 saturated heterocycles. The number of dihydropyridines is 1. The Hall–Kier alpha value is -7.55. The molecular formula is C63H75N9O8. The summed E-state index contributed by atoms with van der Waals surface area (Å²) in [6, 6.07) is 15.2. The summed E-state index contributed by atoms with van der Waals surface area (Å²) in [5, 5.41) is 50.4. The van der Waals surface area contributed by atoms with Gasteiger partial charge in [0.05, 0.1) is 41.6 Å². The van der Waals surface area contributed by atoms with Crippen molar-refractivity contribution in [1.82, 2.24) is 35.8 Å². The van der Waals surface area contributed by atoms with E-state index in [1.165, 1.54) is 37.8 Å². The van der Waals surface area contributed by atoms with Crippen LogP contribution in [-0.2, 0) is 27.1 Å². The minimum Gasteiger partial charge on any atom is -0.504 e. The highest BCUT2D eigenvalue weighted by Crippen LogP contribution is 2.51. The first-order valence-corrected chi connectivity index (χ1v) is 29.0. The number of nitrogens with two attached hydrogens (primary N) is 1. The van der Waals surface area contributed by atoms with Gasteiger partial charge >= 0.3 is 5.97 Å². The number of nitrogens with one attached hydrogen (secondary N) is 5. The van der Waals surface area contributed by atoms with Gasteiger partial charge in [-0.2, -0.15) is 0 Å². The Balaban J connectivity index is 0.929. The van der Waals surface area contributed by atoms with Crippen LogP contribution in [0.4, 0.5) is 0 Å². The third-order valence-electron chi connectivity index (χ3n) is 17.8. The lowest BCUT2D eigenvalue weighted by Crippen LogP contribution is -2.73. The van der Waals surface area contributed by atoms with Crippen molar-refractivity contribution in [2.24, 2.45) is 40.3 Å². The second-order valence-electron chi connectivity index (χ2n) is 23.0. The molecule has 80 heavy (non-hydrogen) atoms. The van der Waals surface area contributed by atoms with Gasteiger partial charge < -0.3 is 70.8 Å². The fraction of sp³-hybridized carbons (Fsp3) is 0.476. The van der Waals surface area contributed by atoms with Gasteiger partial charge in [-0.05, 0) is 116 Å². The second kappa shape index (κ2) is 23.3. The summed E-state index contributed by atoms with van der Waals surface area (Å²) < 4.78 is 29.1. The van der Waals surface area contributed by atoms with Gasteiger partial charge in [0.25, 0.3) is 0 Å². The number of guanidine groups is 1. The monoisotopic (exact) mass is 1090 g/mol. The molecular weight excluding hydrogens is 1010 g/mol. The average molecular weight is 1090 g/mol. The number of esters is 1. The molecule has 4 fully saturated rings. The van der Waals surface area contributed by atoms with E-state index in [-0.39, 0.29) is 59.4 Å². The smallest absolute Gasteiger partial charge is 0.302 e. The van der Waals surface area contributed by atoms with Crippen molar-refractivity contribution in [3.63, 3.8) is 0 Å². The molecule has 11 atom stereocenters. The summed E-state index contributed by atoms with van der Waals surface area (Å²) >= 11 is 0. The molecule has 3 aliphatic carbocycles. The van der Waals surface area contributed by atoms with Crippen molar-refractivity contribution < 1.29 is 39.1 Å². The predicted octanol–water partition coefficient (Wildman–Crippen LogP) is 8.22. The van der Waals surface area contributed by atoms with Gasteiger partial charge in [-0.3, -0.25) is 14.8 Å². The fourth-order valence-electron chi connectivity index (χ4n) is 13.9. The van der Waals surface area contributed by atoms with Gasteiger partial charge in [0.1, 0.15) is 18.4 Å². The normalized spacial score (nSPS) is 29.6. The Morgan fingerprint density at radius 3 is 2.76 bits per heavy atom. The van der Waals surface area contributed by atoms with Crippen LogP contribution >= 0.6 is 0 Å². The van der Waals surface area contributed by atoms with Crippen LogP contribution in [0.1, 0.15) is 107 Å². The van der Waals surface area contributed by atoms with E-state index in [1.54, 1.807) is 24.5 Å². The molecule has 17 nitrogen and oxygen atoms in total. The largest absolute Gasteiger partial charge is 0.504 e. The Kier molecular flexibility index (Phi) is 15.4. The number of hydrogen-bond donors (Lipinski definition) is 9. The maximum absolute atomic E-state index is 13.0. The SMILES string of the molecule is CC(=O)O[C@H]1C[C@@H](c2cc(O)c(O)c(OCCc3cccnc3)c2)O[C@@H]2[C@H]1C=C[C@@H]1C#C[C@H]3[C@@H](CCC[C@@]34NC(=NCCCC3=CCNC(N)=C3)N[C@H](n3cc5cc[nH]c5c3)[C@@H]4CNC3CCCCC3)Oc3cc(ccc3O)C[C@H]21. The van der Waals surface area contributed by atoms with Gasteiger partial charge in [-0.1, -0.05) is 61.5 Å². The molecule has 7 aliphatic rings. The number of nitrogens with zero attached hydrogens (tertiary/aromatic N) is 3. The molecule has 17 heteroatoms. The van der Waals surface area contributed by atoms with Gasteiger partial charge in [0, 0.05) is 105 Å². The summed E-state index contributed by atoms with van der Waals surface area (Å²) in [5.74, 6) is 7.41. The van der Waals surface area contributed by atoms with Crippen molar-refractivity contribution in [1.29, 1.82) is 0 Å². The molecule has 4 aliphatic heterocycles. The van der Waals surface area contributed by atoms with Gasteiger partial charge in [-0.25, -0.2) is 0 Å². The number of ether oxygens (including phenoxy) is 4. The molecule has 0 amide bonds. The topological polar surface area (TPSA) is 235 Å². The van der Waals surface area contributed by atoms with Crippen LogP contribution in [-0.4, -0.2) is 97.9 Å². The molecule has 2 aromatic carbocycles. The number of pyridine rings is 1. The minimum absolute atomic E-state index is 0.0589. The highest BCUT2D eigenvalue weighted by molar-refractivity contribution is 5.83. The second-order valence-corrected chi connectivity index (χ2v) is 23.0. The molecule has 5 aromatic rings. The van der Waals surface area contributed by atoms with Crippen molar-refractivity contribution in [2.75, 3.05) is 26.2 Å². The summed E-state index contributed by atoms with van der Waals surface area (Å²) in [4.78, 5) is 25.9. The number of phenolic OH excluding ortho intramolecular Hbond substituents is 3. The van der Waals surface area contributed by atoms with Gasteiger partial charge in [0.2, 0.25) is 5.75 Å². The number of carbonyl (C=O) groups excluding carboxylic acids is 1. The Labute approximate surface area is 467 Å². The lowest BCUT2D eigenvalue weighted by molar-refractivity contribution is -0.179. The van der Waals surface area contributed by atoms with E-state index in [0.717, 1.165) is 72.9 Å². The number of aliphatic imine (C=N–C) groups is 1. The van der Waals surface area contributed by atoms with E-state index in [2.05, 4.69) is 84.3 Å². The Bertz CT molecular complexity index is 3200. The molecule has 10 N–H and O–H groups in total. The molecule has 3 aromatic heterocycles. The molecule has 420 valence electrons. The van der Waals surface area contributed by atoms with Crippen LogP contribution in [0.15, 0.2) is 120 Å². The number of aromatic nitrogens is 3. The number of fused-ring (bicyclic) bond motifs is 8. The van der Waals surface area contributed by atoms with Crippen molar-refractivity contribution >= 4 is 22.8 Å². The van der Waals surface area contributed by atoms with Crippen LogP contribution in [0.3, 0.4) is 0 Å². The summed E-state index contributed by atoms with van der Waals surface area (Å²) in [6.45, 7) is 3.67. The lowest BCUT2D eigenvalue weighted by Gasteiger charge is -2.56. The molecule has 12 rings (SSSR count). The Morgan fingerprint density at radius 2 is 1.93 bits per heavy atom. The summed E-state index contributed by atoms with van der Waals surface area (Å²) in [7, 11) is 0. The Morgan fingerprint density at radius 1 is 1.02 bits per heavy atom. The van der Waals surface area contributed by atoms with E-state index in [4.69, 9.17) is 29.7 Å². The molecule has 7 heterocycles. The number of hydrogen-bond acceptors (Lipinski definition) is 13. The highest BCUT2D eigenvalue weighted by atomic mass is 16.6. The number of allylic oxidation sites excluding steroid dienone is 3. The predicted molar refractivity (Wildman–Crippen MR) is 305 cm³/mol. The van der Waals surface area contributed by atoms with Crippen LogP contribution < -0.4 is 36.5 Å².